The van der Waals surface area contributed by atoms with Gasteiger partial charge < -0.3 is 4.90 Å². The van der Waals surface area contributed by atoms with Crippen LogP contribution >= 0.6 is 0 Å². The van der Waals surface area contributed by atoms with Gasteiger partial charge in [0.1, 0.15) is 0 Å². The van der Waals surface area contributed by atoms with Gasteiger partial charge in [0, 0.05) is 44.2 Å². The fraction of sp³-hybridized carbons (Fsp3) is 0.812. The monoisotopic (exact) mass is 367 g/mol. The van der Waals surface area contributed by atoms with E-state index in [9.17, 15) is 13.2 Å². The zero-order valence-electron chi connectivity index (χ0n) is 14.5. The highest BCUT2D eigenvalue weighted by Crippen LogP contribution is 2.39. The van der Waals surface area contributed by atoms with Crippen molar-refractivity contribution in [3.05, 3.63) is 11.9 Å². The van der Waals surface area contributed by atoms with E-state index < -0.39 is 10.0 Å². The number of hydrogen-bond donors (Lipinski definition) is 0. The van der Waals surface area contributed by atoms with Crippen molar-refractivity contribution in [1.82, 2.24) is 24.2 Å². The smallest absolute Gasteiger partial charge is 0.225 e. The summed E-state index contributed by atoms with van der Waals surface area (Å²) in [7, 11) is -3.15. The van der Waals surface area contributed by atoms with Gasteiger partial charge in [0.15, 0.2) is 0 Å². The molecule has 1 aromatic heterocycles. The van der Waals surface area contributed by atoms with E-state index in [2.05, 4.69) is 10.3 Å². The fourth-order valence-electron chi connectivity index (χ4n) is 3.89. The Morgan fingerprint density at radius 1 is 1.12 bits per heavy atom. The molecule has 9 heteroatoms. The lowest BCUT2D eigenvalue weighted by atomic mass is 9.97. The normalized spacial score (nSPS) is 26.3. The highest BCUT2D eigenvalue weighted by atomic mass is 32.2. The van der Waals surface area contributed by atoms with Crippen molar-refractivity contribution < 1.29 is 13.2 Å². The molecule has 0 N–H and O–H groups in total. The summed E-state index contributed by atoms with van der Waals surface area (Å²) in [4.78, 5) is 14.7. The minimum absolute atomic E-state index is 0.0606. The van der Waals surface area contributed by atoms with Crippen molar-refractivity contribution in [2.24, 2.45) is 5.92 Å². The van der Waals surface area contributed by atoms with Gasteiger partial charge in [-0.3, -0.25) is 4.79 Å². The number of carbonyl (C=O) groups is 1. The maximum absolute atomic E-state index is 12.8. The van der Waals surface area contributed by atoms with Crippen LogP contribution in [0.15, 0.2) is 6.20 Å². The molecule has 1 atom stereocenters. The number of aromatic nitrogens is 3. The zero-order chi connectivity index (χ0) is 17.6. The summed E-state index contributed by atoms with van der Waals surface area (Å²) in [6.45, 7) is 2.31. The lowest BCUT2D eigenvalue weighted by Crippen LogP contribution is -2.43. The van der Waals surface area contributed by atoms with Crippen LogP contribution in [0.2, 0.25) is 0 Å². The van der Waals surface area contributed by atoms with E-state index in [0.717, 1.165) is 18.7 Å². The summed E-state index contributed by atoms with van der Waals surface area (Å²) in [5, 5.41) is 8.52. The Bertz CT molecular complexity index is 750. The Balaban J connectivity index is 1.33. The maximum Gasteiger partial charge on any atom is 0.225 e. The topological polar surface area (TPSA) is 88.4 Å². The van der Waals surface area contributed by atoms with Gasteiger partial charge in [-0.05, 0) is 32.1 Å². The Hall–Kier alpha value is -1.48. The first-order chi connectivity index (χ1) is 11.9. The quantitative estimate of drug-likeness (QED) is 0.778. The van der Waals surface area contributed by atoms with E-state index in [1.54, 1.807) is 0 Å². The van der Waals surface area contributed by atoms with Crippen molar-refractivity contribution >= 4 is 15.9 Å². The Morgan fingerprint density at radius 2 is 1.84 bits per heavy atom. The Labute approximate surface area is 148 Å². The maximum atomic E-state index is 12.8. The summed E-state index contributed by atoms with van der Waals surface area (Å²) in [5.74, 6) is 0.695. The van der Waals surface area contributed by atoms with Crippen molar-refractivity contribution in [3.8, 4) is 0 Å². The molecule has 2 aliphatic heterocycles. The Morgan fingerprint density at radius 3 is 2.48 bits per heavy atom. The second kappa shape index (κ2) is 6.35. The van der Waals surface area contributed by atoms with Crippen LogP contribution in [-0.2, 0) is 14.8 Å². The molecule has 0 aromatic carbocycles. The fourth-order valence-corrected chi connectivity index (χ4v) is 4.76. The molecule has 1 aliphatic carbocycles. The summed E-state index contributed by atoms with van der Waals surface area (Å²) in [5.41, 5.74) is 1.08. The minimum Gasteiger partial charge on any atom is -0.340 e. The molecular formula is C16H25N5O3S. The molecule has 2 saturated heterocycles. The molecule has 1 amide bonds. The third kappa shape index (κ3) is 3.57. The number of hydrogen-bond acceptors (Lipinski definition) is 5. The van der Waals surface area contributed by atoms with Crippen molar-refractivity contribution in [2.75, 3.05) is 32.4 Å². The average molecular weight is 367 g/mol. The van der Waals surface area contributed by atoms with Crippen LogP contribution in [0.5, 0.6) is 0 Å². The number of likely N-dealkylation sites (tertiary alicyclic amines) is 1. The van der Waals surface area contributed by atoms with Crippen molar-refractivity contribution in [2.45, 2.75) is 44.1 Å². The van der Waals surface area contributed by atoms with Gasteiger partial charge in [-0.25, -0.2) is 17.4 Å². The predicted molar refractivity (Wildman–Crippen MR) is 91.4 cm³/mol. The van der Waals surface area contributed by atoms with Crippen LogP contribution in [0, 0.1) is 5.92 Å². The average Bonchev–Trinajstić information content (AvgIpc) is 3.12. The molecule has 1 saturated carbocycles. The van der Waals surface area contributed by atoms with Gasteiger partial charge in [0.25, 0.3) is 0 Å². The lowest BCUT2D eigenvalue weighted by Gasteiger charge is -2.31. The number of sulfonamides is 1. The van der Waals surface area contributed by atoms with Crippen LogP contribution in [0.1, 0.15) is 49.8 Å². The molecule has 0 bridgehead atoms. The highest BCUT2D eigenvalue weighted by Gasteiger charge is 2.35. The summed E-state index contributed by atoms with van der Waals surface area (Å²) >= 11 is 0. The van der Waals surface area contributed by atoms with Gasteiger partial charge in [-0.1, -0.05) is 5.21 Å². The van der Waals surface area contributed by atoms with Crippen LogP contribution < -0.4 is 0 Å². The van der Waals surface area contributed by atoms with Gasteiger partial charge >= 0.3 is 0 Å². The van der Waals surface area contributed by atoms with Gasteiger partial charge in [-0.2, -0.15) is 0 Å². The summed E-state index contributed by atoms with van der Waals surface area (Å²) in [6.07, 6.45) is 7.82. The first kappa shape index (κ1) is 17.0. The molecule has 1 aromatic rings. The summed E-state index contributed by atoms with van der Waals surface area (Å²) in [6, 6.07) is 0.208. The SMILES string of the molecule is CS(=O)(=O)N1CCC(C(=O)N2CCC(n3cc(C4CC4)nn3)C2)CC1. The first-order valence-corrected chi connectivity index (χ1v) is 10.9. The van der Waals surface area contributed by atoms with Crippen molar-refractivity contribution in [3.63, 3.8) is 0 Å². The molecule has 3 heterocycles. The molecule has 3 fully saturated rings. The molecule has 138 valence electrons. The van der Waals surface area contributed by atoms with E-state index in [1.165, 1.54) is 23.4 Å². The zero-order valence-corrected chi connectivity index (χ0v) is 15.4. The third-order valence-corrected chi connectivity index (χ3v) is 6.95. The molecule has 0 spiro atoms. The molecule has 4 rings (SSSR count). The van der Waals surface area contributed by atoms with Crippen LogP contribution in [0.4, 0.5) is 0 Å². The second-order valence-corrected chi connectivity index (χ2v) is 9.54. The lowest BCUT2D eigenvalue weighted by molar-refractivity contribution is -0.135. The van der Waals surface area contributed by atoms with Gasteiger partial charge in [0.2, 0.25) is 15.9 Å². The molecule has 3 aliphatic rings. The largest absolute Gasteiger partial charge is 0.340 e. The van der Waals surface area contributed by atoms with E-state index in [-0.39, 0.29) is 17.9 Å². The van der Waals surface area contributed by atoms with Gasteiger partial charge in [-0.15, -0.1) is 5.10 Å². The molecule has 25 heavy (non-hydrogen) atoms. The van der Waals surface area contributed by atoms with E-state index in [1.807, 2.05) is 15.8 Å². The van der Waals surface area contributed by atoms with E-state index in [4.69, 9.17) is 0 Å². The molecule has 1 unspecified atom stereocenters. The summed E-state index contributed by atoms with van der Waals surface area (Å²) < 4.78 is 26.6. The van der Waals surface area contributed by atoms with Gasteiger partial charge in [0.05, 0.1) is 18.0 Å². The Kier molecular flexibility index (Phi) is 4.31. The highest BCUT2D eigenvalue weighted by molar-refractivity contribution is 7.88. The number of nitrogens with zero attached hydrogens (tertiary/aromatic N) is 5. The number of piperidine rings is 1. The van der Waals surface area contributed by atoms with Crippen LogP contribution in [-0.4, -0.2) is 71.0 Å². The van der Waals surface area contributed by atoms with Crippen LogP contribution in [0.25, 0.3) is 0 Å². The first-order valence-electron chi connectivity index (χ1n) is 9.07. The number of amides is 1. The van der Waals surface area contributed by atoms with E-state index >= 15 is 0 Å². The molecule has 8 nitrogen and oxygen atoms in total. The van der Waals surface area contributed by atoms with E-state index in [0.29, 0.717) is 38.4 Å². The molecular weight excluding hydrogens is 342 g/mol. The molecule has 0 radical (unpaired) electrons. The number of rotatable bonds is 4. The minimum atomic E-state index is -3.15. The standard InChI is InChI=1S/C16H25N5O3S/c1-25(23,24)20-8-4-13(5-9-20)16(22)19-7-6-14(10-19)21-11-15(17-18-21)12-2-3-12/h11-14H,2-10H2,1H3. The third-order valence-electron chi connectivity index (χ3n) is 5.64. The number of carbonyl (C=O) groups excluding carboxylic acids is 1. The predicted octanol–water partition coefficient (Wildman–Crippen LogP) is 0.600. The van der Waals surface area contributed by atoms with Crippen LogP contribution in [0.3, 0.4) is 0 Å². The van der Waals surface area contributed by atoms with Crippen molar-refractivity contribution in [1.29, 1.82) is 0 Å². The second-order valence-electron chi connectivity index (χ2n) is 7.56.